The number of nitrogens with zero attached hydrogens (tertiary/aromatic N) is 4. The molecule has 1 saturated heterocycles. The van der Waals surface area contributed by atoms with Gasteiger partial charge in [-0.3, -0.25) is 4.84 Å². The van der Waals surface area contributed by atoms with E-state index in [1.807, 2.05) is 50.4 Å². The van der Waals surface area contributed by atoms with Gasteiger partial charge in [-0.15, -0.1) is 0 Å². The molecule has 3 N–H and O–H groups in total. The summed E-state index contributed by atoms with van der Waals surface area (Å²) in [5.41, 5.74) is 4.10. The fraction of sp³-hybridized carbons (Fsp3) is 0.185. The van der Waals surface area contributed by atoms with Crippen molar-refractivity contribution in [2.24, 2.45) is 0 Å². The third kappa shape index (κ3) is 6.98. The lowest BCUT2D eigenvalue weighted by atomic mass is 10.1. The maximum atomic E-state index is 12.3. The van der Waals surface area contributed by atoms with E-state index in [2.05, 4.69) is 30.9 Å². The zero-order valence-electron chi connectivity index (χ0n) is 20.9. The lowest BCUT2D eigenvalue weighted by Gasteiger charge is -2.17. The summed E-state index contributed by atoms with van der Waals surface area (Å²) in [4.78, 5) is 30.6. The number of aromatic nitrogens is 3. The molecule has 3 heterocycles. The van der Waals surface area contributed by atoms with E-state index in [0.29, 0.717) is 24.7 Å². The van der Waals surface area contributed by atoms with Crippen molar-refractivity contribution >= 4 is 29.0 Å². The second-order valence-corrected chi connectivity index (χ2v) is 8.25. The molecule has 196 valence electrons. The molecule has 2 amide bonds. The number of benzene rings is 2. The summed E-state index contributed by atoms with van der Waals surface area (Å²) in [6, 6.07) is 15.6. The SMILES string of the molecule is CNc1cc(-c2cccnc2Nc2cc(NC(=O)N3CCCO3)ccc2C)ncn1.Fc1cccc(F)c1. The Morgan fingerprint density at radius 1 is 1.00 bits per heavy atom. The van der Waals surface area contributed by atoms with Crippen LogP contribution < -0.4 is 16.0 Å². The Morgan fingerprint density at radius 3 is 2.50 bits per heavy atom. The molecular formula is C27H27F2N7O2. The number of carbonyl (C=O) groups excluding carboxylic acids is 1. The van der Waals surface area contributed by atoms with Gasteiger partial charge >= 0.3 is 6.03 Å². The molecule has 1 aliphatic heterocycles. The maximum Gasteiger partial charge on any atom is 0.345 e. The van der Waals surface area contributed by atoms with Gasteiger partial charge in [0.2, 0.25) is 0 Å². The Bertz CT molecular complexity index is 1380. The normalized spacial score (nSPS) is 12.4. The lowest BCUT2D eigenvalue weighted by Crippen LogP contribution is -2.31. The van der Waals surface area contributed by atoms with Crippen LogP contribution in [0.1, 0.15) is 12.0 Å². The minimum Gasteiger partial charge on any atom is -0.373 e. The van der Waals surface area contributed by atoms with E-state index >= 15 is 0 Å². The molecule has 0 unspecified atom stereocenters. The van der Waals surface area contributed by atoms with Crippen molar-refractivity contribution < 1.29 is 18.4 Å². The number of aryl methyl sites for hydroxylation is 1. The van der Waals surface area contributed by atoms with Gasteiger partial charge in [0.1, 0.15) is 29.6 Å². The average Bonchev–Trinajstić information content (AvgIpc) is 3.47. The minimum absolute atomic E-state index is 0.276. The van der Waals surface area contributed by atoms with Crippen molar-refractivity contribution in [3.63, 3.8) is 0 Å². The van der Waals surface area contributed by atoms with Crippen molar-refractivity contribution in [1.29, 1.82) is 0 Å². The van der Waals surface area contributed by atoms with Crippen molar-refractivity contribution in [3.05, 3.63) is 90.4 Å². The Morgan fingerprint density at radius 2 is 1.82 bits per heavy atom. The van der Waals surface area contributed by atoms with Gasteiger partial charge in [0.05, 0.1) is 18.8 Å². The van der Waals surface area contributed by atoms with Crippen LogP contribution in [-0.2, 0) is 4.84 Å². The molecule has 0 spiro atoms. The lowest BCUT2D eigenvalue weighted by molar-refractivity contribution is -0.0614. The number of amides is 2. The van der Waals surface area contributed by atoms with Gasteiger partial charge in [-0.1, -0.05) is 12.1 Å². The van der Waals surface area contributed by atoms with E-state index in [4.69, 9.17) is 4.84 Å². The van der Waals surface area contributed by atoms with Crippen LogP contribution in [-0.4, -0.2) is 46.2 Å². The molecule has 1 aliphatic rings. The molecule has 0 saturated carbocycles. The number of anilines is 4. The summed E-state index contributed by atoms with van der Waals surface area (Å²) in [5, 5.41) is 10.6. The minimum atomic E-state index is -0.537. The van der Waals surface area contributed by atoms with Crippen LogP contribution in [0.4, 0.5) is 36.6 Å². The molecule has 0 atom stereocenters. The number of hydrogen-bond acceptors (Lipinski definition) is 7. The second kappa shape index (κ2) is 12.5. The zero-order valence-corrected chi connectivity index (χ0v) is 20.9. The molecule has 0 bridgehead atoms. The third-order valence-electron chi connectivity index (χ3n) is 5.51. The highest BCUT2D eigenvalue weighted by molar-refractivity contribution is 5.90. The standard InChI is InChI=1S/C21H23N7O2.C6H4F2/c1-14-6-7-15(26-21(29)28-9-4-10-30-28)11-17(14)27-20-16(5-3-8-23-20)18-12-19(22-2)25-13-24-18;7-5-2-1-3-6(8)4-5/h3,5-8,11-13H,4,9-10H2,1-2H3,(H,23,27)(H,26,29)(H,22,24,25);1-4H. The summed E-state index contributed by atoms with van der Waals surface area (Å²) >= 11 is 0. The number of carbonyl (C=O) groups is 1. The number of rotatable bonds is 5. The number of nitrogens with one attached hydrogen (secondary N) is 3. The molecule has 9 nitrogen and oxygen atoms in total. The first-order valence-electron chi connectivity index (χ1n) is 11.9. The third-order valence-corrected chi connectivity index (χ3v) is 5.51. The van der Waals surface area contributed by atoms with Crippen molar-refractivity contribution in [1.82, 2.24) is 20.0 Å². The summed E-state index contributed by atoms with van der Waals surface area (Å²) in [6.45, 7) is 3.15. The van der Waals surface area contributed by atoms with Crippen LogP contribution in [0.3, 0.4) is 0 Å². The highest BCUT2D eigenvalue weighted by Crippen LogP contribution is 2.30. The largest absolute Gasteiger partial charge is 0.373 e. The van der Waals surface area contributed by atoms with Gasteiger partial charge in [-0.2, -0.15) is 0 Å². The van der Waals surface area contributed by atoms with Crippen molar-refractivity contribution in [3.8, 4) is 11.3 Å². The molecular weight excluding hydrogens is 492 g/mol. The predicted octanol–water partition coefficient (Wildman–Crippen LogP) is 5.77. The average molecular weight is 520 g/mol. The molecule has 0 aliphatic carbocycles. The van der Waals surface area contributed by atoms with E-state index in [9.17, 15) is 13.6 Å². The van der Waals surface area contributed by atoms with Crippen LogP contribution in [0.2, 0.25) is 0 Å². The monoisotopic (exact) mass is 519 g/mol. The topological polar surface area (TPSA) is 104 Å². The van der Waals surface area contributed by atoms with E-state index in [0.717, 1.165) is 40.8 Å². The summed E-state index contributed by atoms with van der Waals surface area (Å²) in [5.74, 6) is 0.308. The summed E-state index contributed by atoms with van der Waals surface area (Å²) in [7, 11) is 1.81. The predicted molar refractivity (Wildman–Crippen MR) is 142 cm³/mol. The Kier molecular flexibility index (Phi) is 8.73. The molecule has 38 heavy (non-hydrogen) atoms. The Labute approximate surface area is 218 Å². The molecule has 5 rings (SSSR count). The van der Waals surface area contributed by atoms with Gasteiger partial charge in [0.15, 0.2) is 0 Å². The van der Waals surface area contributed by atoms with Gasteiger partial charge in [0, 0.05) is 42.3 Å². The van der Waals surface area contributed by atoms with Gasteiger partial charge in [0.25, 0.3) is 0 Å². The first-order chi connectivity index (χ1) is 18.4. The fourth-order valence-corrected chi connectivity index (χ4v) is 3.57. The summed E-state index contributed by atoms with van der Waals surface area (Å²) < 4.78 is 23.9. The zero-order chi connectivity index (χ0) is 26.9. The van der Waals surface area contributed by atoms with Gasteiger partial charge < -0.3 is 16.0 Å². The van der Waals surface area contributed by atoms with Crippen LogP contribution in [0.5, 0.6) is 0 Å². The van der Waals surface area contributed by atoms with Crippen LogP contribution in [0, 0.1) is 18.6 Å². The quantitative estimate of drug-likeness (QED) is 0.308. The van der Waals surface area contributed by atoms with Crippen LogP contribution in [0.25, 0.3) is 11.3 Å². The Hall–Kier alpha value is -4.64. The first-order valence-corrected chi connectivity index (χ1v) is 11.9. The number of urea groups is 1. The number of halogens is 2. The highest BCUT2D eigenvalue weighted by Gasteiger charge is 2.19. The molecule has 4 aromatic rings. The molecule has 11 heteroatoms. The van der Waals surface area contributed by atoms with Crippen molar-refractivity contribution in [2.75, 3.05) is 36.1 Å². The summed E-state index contributed by atoms with van der Waals surface area (Å²) in [6.07, 6.45) is 4.08. The van der Waals surface area contributed by atoms with Gasteiger partial charge in [-0.25, -0.2) is 33.6 Å². The van der Waals surface area contributed by atoms with E-state index in [1.165, 1.54) is 29.6 Å². The number of hydroxylamine groups is 2. The Balaban J connectivity index is 0.000000360. The van der Waals surface area contributed by atoms with E-state index in [1.54, 1.807) is 6.20 Å². The molecule has 2 aromatic heterocycles. The van der Waals surface area contributed by atoms with Gasteiger partial charge in [-0.05, 0) is 55.3 Å². The van der Waals surface area contributed by atoms with Crippen molar-refractivity contribution in [2.45, 2.75) is 13.3 Å². The second-order valence-electron chi connectivity index (χ2n) is 8.25. The van der Waals surface area contributed by atoms with Crippen LogP contribution in [0.15, 0.2) is 73.2 Å². The maximum absolute atomic E-state index is 12.3. The number of pyridine rings is 1. The molecule has 2 aromatic carbocycles. The fourth-order valence-electron chi connectivity index (χ4n) is 3.57. The number of hydrogen-bond donors (Lipinski definition) is 3. The highest BCUT2D eigenvalue weighted by atomic mass is 19.1. The molecule has 1 fully saturated rings. The van der Waals surface area contributed by atoms with E-state index in [-0.39, 0.29) is 6.03 Å². The van der Waals surface area contributed by atoms with Crippen LogP contribution >= 0.6 is 0 Å². The first kappa shape index (κ1) is 26.4. The smallest absolute Gasteiger partial charge is 0.345 e. The van der Waals surface area contributed by atoms with E-state index < -0.39 is 11.6 Å². The molecule has 0 radical (unpaired) electrons.